The van der Waals surface area contributed by atoms with E-state index in [1.807, 2.05) is 0 Å². The van der Waals surface area contributed by atoms with Crippen LogP contribution < -0.4 is 11.1 Å². The third kappa shape index (κ3) is 3.69. The Morgan fingerprint density at radius 2 is 2.11 bits per heavy atom. The summed E-state index contributed by atoms with van der Waals surface area (Å²) in [6.07, 6.45) is 1.60. The van der Waals surface area contributed by atoms with Crippen molar-refractivity contribution in [3.63, 3.8) is 0 Å². The molecule has 0 fully saturated rings. The van der Waals surface area contributed by atoms with Crippen molar-refractivity contribution >= 4 is 29.0 Å². The van der Waals surface area contributed by atoms with Gasteiger partial charge in [-0.2, -0.15) is 0 Å². The van der Waals surface area contributed by atoms with Crippen LogP contribution in [0.5, 0.6) is 0 Å². The van der Waals surface area contributed by atoms with Crippen LogP contribution in [0.2, 0.25) is 0 Å². The highest BCUT2D eigenvalue weighted by Gasteiger charge is 2.08. The summed E-state index contributed by atoms with van der Waals surface area (Å²) in [6.45, 7) is 0. The molecule has 6 heteroatoms. The molecule has 3 N–H and O–H groups in total. The van der Waals surface area contributed by atoms with Gasteiger partial charge in [0, 0.05) is 6.20 Å². The number of rotatable bonds is 4. The molecule has 0 atom stereocenters. The zero-order valence-corrected chi connectivity index (χ0v) is 10.8. The monoisotopic (exact) mass is 277 g/mol. The number of nitrogens with zero attached hydrogens (tertiary/aromatic N) is 1. The average molecular weight is 277 g/mol. The molecular formula is C13H12FN3OS. The van der Waals surface area contributed by atoms with Gasteiger partial charge in [0.15, 0.2) is 0 Å². The number of nitrogens with two attached hydrogens (primary N) is 1. The Morgan fingerprint density at radius 1 is 1.32 bits per heavy atom. The van der Waals surface area contributed by atoms with Crippen molar-refractivity contribution in [1.82, 2.24) is 4.98 Å². The highest BCUT2D eigenvalue weighted by Crippen LogP contribution is 2.22. The summed E-state index contributed by atoms with van der Waals surface area (Å²) in [5.41, 5.74) is 6.40. The topological polar surface area (TPSA) is 68.0 Å². The molecule has 1 heterocycles. The van der Waals surface area contributed by atoms with E-state index in [0.717, 1.165) is 0 Å². The minimum Gasteiger partial charge on any atom is -0.397 e. The predicted molar refractivity (Wildman–Crippen MR) is 74.4 cm³/mol. The van der Waals surface area contributed by atoms with E-state index >= 15 is 0 Å². The minimum atomic E-state index is -0.460. The van der Waals surface area contributed by atoms with Gasteiger partial charge in [-0.15, -0.1) is 0 Å². The minimum absolute atomic E-state index is 0.121. The maximum Gasteiger partial charge on any atom is 0.234 e. The highest BCUT2D eigenvalue weighted by molar-refractivity contribution is 8.00. The Labute approximate surface area is 114 Å². The number of benzene rings is 1. The number of anilines is 2. The molecule has 0 spiro atoms. The van der Waals surface area contributed by atoms with Gasteiger partial charge in [-0.25, -0.2) is 9.37 Å². The first-order chi connectivity index (χ1) is 9.16. The maximum absolute atomic E-state index is 13.3. The first-order valence-electron chi connectivity index (χ1n) is 5.54. The normalized spacial score (nSPS) is 10.2. The van der Waals surface area contributed by atoms with Crippen molar-refractivity contribution in [3.05, 3.63) is 48.4 Å². The molecule has 0 aliphatic heterocycles. The van der Waals surface area contributed by atoms with Gasteiger partial charge >= 0.3 is 0 Å². The maximum atomic E-state index is 13.3. The zero-order chi connectivity index (χ0) is 13.7. The second-order valence-electron chi connectivity index (χ2n) is 3.71. The molecule has 1 aromatic heterocycles. The number of hydrogen-bond acceptors (Lipinski definition) is 4. The molecule has 0 aliphatic carbocycles. The summed E-state index contributed by atoms with van der Waals surface area (Å²) in [4.78, 5) is 15.7. The summed E-state index contributed by atoms with van der Waals surface area (Å²) in [5.74, 6) is -0.645. The Hall–Kier alpha value is -2.08. The van der Waals surface area contributed by atoms with Crippen LogP contribution in [0, 0.1) is 5.82 Å². The van der Waals surface area contributed by atoms with Crippen LogP contribution in [0.1, 0.15) is 0 Å². The Balaban J connectivity index is 1.92. The van der Waals surface area contributed by atoms with Gasteiger partial charge in [0.1, 0.15) is 10.8 Å². The van der Waals surface area contributed by atoms with Crippen molar-refractivity contribution < 1.29 is 9.18 Å². The van der Waals surface area contributed by atoms with Crippen LogP contribution in [0.25, 0.3) is 0 Å². The SMILES string of the molecule is Nc1cccnc1SCC(=O)Nc1ccccc1F. The molecule has 0 unspecified atom stereocenters. The fourth-order valence-electron chi connectivity index (χ4n) is 1.41. The van der Waals surface area contributed by atoms with Crippen LogP contribution in [0.4, 0.5) is 15.8 Å². The van der Waals surface area contributed by atoms with Gasteiger partial charge in [-0.05, 0) is 24.3 Å². The van der Waals surface area contributed by atoms with E-state index < -0.39 is 5.82 Å². The number of amides is 1. The molecule has 0 saturated carbocycles. The zero-order valence-electron chi connectivity index (χ0n) is 9.97. The van der Waals surface area contributed by atoms with Crippen LogP contribution in [-0.4, -0.2) is 16.6 Å². The molecule has 0 radical (unpaired) electrons. The van der Waals surface area contributed by atoms with E-state index in [0.29, 0.717) is 10.7 Å². The Bertz CT molecular complexity index is 592. The number of nitrogen functional groups attached to an aromatic ring is 1. The summed E-state index contributed by atoms with van der Waals surface area (Å²) >= 11 is 1.21. The fraction of sp³-hybridized carbons (Fsp3) is 0.0769. The Morgan fingerprint density at radius 3 is 2.84 bits per heavy atom. The molecule has 2 rings (SSSR count). The van der Waals surface area contributed by atoms with Crippen LogP contribution in [0.15, 0.2) is 47.6 Å². The summed E-state index contributed by atoms with van der Waals surface area (Å²) in [6, 6.07) is 9.45. The lowest BCUT2D eigenvalue weighted by Gasteiger charge is -2.06. The van der Waals surface area contributed by atoms with Crippen molar-refractivity contribution in [2.75, 3.05) is 16.8 Å². The largest absolute Gasteiger partial charge is 0.397 e. The summed E-state index contributed by atoms with van der Waals surface area (Å²) in [5, 5.41) is 3.09. The molecule has 0 saturated heterocycles. The van der Waals surface area contributed by atoms with Gasteiger partial charge in [0.2, 0.25) is 5.91 Å². The lowest BCUT2D eigenvalue weighted by atomic mass is 10.3. The first-order valence-corrected chi connectivity index (χ1v) is 6.53. The van der Waals surface area contributed by atoms with Gasteiger partial charge in [-0.1, -0.05) is 23.9 Å². The lowest BCUT2D eigenvalue weighted by Crippen LogP contribution is -2.15. The van der Waals surface area contributed by atoms with Gasteiger partial charge in [0.25, 0.3) is 0 Å². The second kappa shape index (κ2) is 6.19. The molecule has 2 aromatic rings. The lowest BCUT2D eigenvalue weighted by molar-refractivity contribution is -0.113. The van der Waals surface area contributed by atoms with Gasteiger partial charge < -0.3 is 11.1 Å². The number of halogens is 1. The number of pyridine rings is 1. The van der Waals surface area contributed by atoms with Crippen LogP contribution in [-0.2, 0) is 4.79 Å². The number of para-hydroxylation sites is 1. The fourth-order valence-corrected chi connectivity index (χ4v) is 2.12. The van der Waals surface area contributed by atoms with E-state index in [2.05, 4.69) is 10.3 Å². The number of thioether (sulfide) groups is 1. The highest BCUT2D eigenvalue weighted by atomic mass is 32.2. The van der Waals surface area contributed by atoms with Crippen LogP contribution in [0.3, 0.4) is 0 Å². The van der Waals surface area contributed by atoms with E-state index in [1.165, 1.54) is 23.9 Å². The van der Waals surface area contributed by atoms with E-state index in [1.54, 1.807) is 30.5 Å². The van der Waals surface area contributed by atoms with E-state index in [4.69, 9.17) is 5.73 Å². The number of aromatic nitrogens is 1. The van der Waals surface area contributed by atoms with Crippen LogP contribution >= 0.6 is 11.8 Å². The molecule has 19 heavy (non-hydrogen) atoms. The van der Waals surface area contributed by atoms with Crippen molar-refractivity contribution in [2.45, 2.75) is 5.03 Å². The first kappa shape index (κ1) is 13.4. The molecule has 1 amide bonds. The third-order valence-electron chi connectivity index (χ3n) is 2.29. The summed E-state index contributed by atoms with van der Waals surface area (Å²) < 4.78 is 13.3. The molecular weight excluding hydrogens is 265 g/mol. The quantitative estimate of drug-likeness (QED) is 0.843. The third-order valence-corrected chi connectivity index (χ3v) is 3.31. The van der Waals surface area contributed by atoms with Crippen molar-refractivity contribution in [1.29, 1.82) is 0 Å². The average Bonchev–Trinajstić information content (AvgIpc) is 2.40. The molecule has 1 aromatic carbocycles. The van der Waals surface area contributed by atoms with Crippen molar-refractivity contribution in [2.24, 2.45) is 0 Å². The molecule has 98 valence electrons. The van der Waals surface area contributed by atoms with E-state index in [-0.39, 0.29) is 17.3 Å². The summed E-state index contributed by atoms with van der Waals surface area (Å²) in [7, 11) is 0. The molecule has 4 nitrogen and oxygen atoms in total. The number of hydrogen-bond donors (Lipinski definition) is 2. The number of nitrogens with one attached hydrogen (secondary N) is 1. The van der Waals surface area contributed by atoms with Gasteiger partial charge in [-0.3, -0.25) is 4.79 Å². The number of carbonyl (C=O) groups excluding carboxylic acids is 1. The number of carbonyl (C=O) groups is 1. The van der Waals surface area contributed by atoms with Gasteiger partial charge in [0.05, 0.1) is 17.1 Å². The Kier molecular flexibility index (Phi) is 4.35. The second-order valence-corrected chi connectivity index (χ2v) is 4.68. The van der Waals surface area contributed by atoms with E-state index in [9.17, 15) is 9.18 Å². The standard InChI is InChI=1S/C13H12FN3OS/c14-9-4-1-2-6-11(9)17-12(18)8-19-13-10(15)5-3-7-16-13/h1-7H,8,15H2,(H,17,18). The molecule has 0 bridgehead atoms. The predicted octanol–water partition coefficient (Wildman–Crippen LogP) is 2.53. The molecule has 0 aliphatic rings. The van der Waals surface area contributed by atoms with Crippen molar-refractivity contribution in [3.8, 4) is 0 Å². The smallest absolute Gasteiger partial charge is 0.234 e.